The first kappa shape index (κ1) is 7.68. The molecule has 2 nitrogen and oxygen atoms in total. The molecular weight excluding hydrogens is 215 g/mol. The van der Waals surface area contributed by atoms with Gasteiger partial charge in [-0.3, -0.25) is 0 Å². The van der Waals surface area contributed by atoms with Crippen LogP contribution in [0.5, 0.6) is 0 Å². The minimum absolute atomic E-state index is 0. The van der Waals surface area contributed by atoms with Crippen LogP contribution in [0.3, 0.4) is 0 Å². The van der Waals surface area contributed by atoms with Gasteiger partial charge in [0.2, 0.25) is 0 Å². The van der Waals surface area contributed by atoms with Crippen molar-refractivity contribution in [1.29, 1.82) is 0 Å². The Morgan fingerprint density at radius 1 is 1.38 bits per heavy atom. The van der Waals surface area contributed by atoms with E-state index in [1.54, 1.807) is 12.3 Å². The monoisotopic (exact) mass is 222 g/mol. The zero-order valence-electron chi connectivity index (χ0n) is 4.24. The molecule has 0 bridgehead atoms. The summed E-state index contributed by atoms with van der Waals surface area (Å²) in [7, 11) is 0. The molecule has 1 heterocycles. The molecule has 0 aliphatic rings. The van der Waals surface area contributed by atoms with E-state index in [1.165, 1.54) is 0 Å². The summed E-state index contributed by atoms with van der Waals surface area (Å²) in [5.41, 5.74) is 5.25. The molecule has 0 saturated carbocycles. The van der Waals surface area contributed by atoms with E-state index in [9.17, 15) is 0 Å². The standard InChI is InChI=1S/C5H6N2.HI/c6-5-3-1-2-4-7-5;/h1-4H,(H2,6,7);1H. The van der Waals surface area contributed by atoms with E-state index in [0.717, 1.165) is 0 Å². The molecule has 0 spiro atoms. The highest BCUT2D eigenvalue weighted by Gasteiger charge is 1.73. The van der Waals surface area contributed by atoms with Crippen molar-refractivity contribution in [2.75, 3.05) is 5.73 Å². The van der Waals surface area contributed by atoms with Crippen molar-refractivity contribution in [1.82, 2.24) is 4.98 Å². The third kappa shape index (κ3) is 2.11. The lowest BCUT2D eigenvalue weighted by atomic mass is 10.5. The van der Waals surface area contributed by atoms with Crippen LogP contribution in [0.4, 0.5) is 5.82 Å². The maximum absolute atomic E-state index is 5.25. The van der Waals surface area contributed by atoms with E-state index in [1.807, 2.05) is 12.1 Å². The molecule has 8 heavy (non-hydrogen) atoms. The fourth-order valence-electron chi connectivity index (χ4n) is 0.376. The topological polar surface area (TPSA) is 38.9 Å². The van der Waals surface area contributed by atoms with Gasteiger partial charge < -0.3 is 5.73 Å². The molecule has 1 aromatic heterocycles. The maximum Gasteiger partial charge on any atom is 0.123 e. The normalized spacial score (nSPS) is 7.50. The molecule has 1 rings (SSSR count). The van der Waals surface area contributed by atoms with Crippen molar-refractivity contribution < 1.29 is 0 Å². The van der Waals surface area contributed by atoms with Crippen molar-refractivity contribution in [3.05, 3.63) is 24.4 Å². The molecular formula is C5H7IN2. The number of hydrogen-bond donors (Lipinski definition) is 1. The summed E-state index contributed by atoms with van der Waals surface area (Å²) in [6.07, 6.45) is 1.66. The molecule has 44 valence electrons. The smallest absolute Gasteiger partial charge is 0.123 e. The van der Waals surface area contributed by atoms with Gasteiger partial charge in [-0.1, -0.05) is 6.07 Å². The highest BCUT2D eigenvalue weighted by atomic mass is 127. The minimum atomic E-state index is 0. The van der Waals surface area contributed by atoms with Crippen LogP contribution in [0.2, 0.25) is 0 Å². The zero-order chi connectivity index (χ0) is 5.11. The Kier molecular flexibility index (Phi) is 3.51. The Bertz CT molecular complexity index is 140. The molecule has 3 heteroatoms. The van der Waals surface area contributed by atoms with Gasteiger partial charge in [-0.15, -0.1) is 24.0 Å². The highest BCUT2D eigenvalue weighted by Crippen LogP contribution is 1.89. The first-order valence-corrected chi connectivity index (χ1v) is 2.06. The van der Waals surface area contributed by atoms with E-state index in [-0.39, 0.29) is 24.0 Å². The number of nitrogens with two attached hydrogens (primary N) is 1. The second-order valence-electron chi connectivity index (χ2n) is 1.25. The Hall–Kier alpha value is -0.320. The fourth-order valence-corrected chi connectivity index (χ4v) is 0.376. The van der Waals surface area contributed by atoms with Gasteiger partial charge in [0.25, 0.3) is 0 Å². The molecule has 0 aliphatic heterocycles. The number of hydrogen-bond acceptors (Lipinski definition) is 2. The second-order valence-corrected chi connectivity index (χ2v) is 1.25. The van der Waals surface area contributed by atoms with Crippen LogP contribution in [-0.2, 0) is 0 Å². The summed E-state index contributed by atoms with van der Waals surface area (Å²) < 4.78 is 0. The van der Waals surface area contributed by atoms with Crippen LogP contribution in [0.1, 0.15) is 0 Å². The molecule has 1 aromatic rings. The van der Waals surface area contributed by atoms with Crippen molar-refractivity contribution in [3.8, 4) is 0 Å². The van der Waals surface area contributed by atoms with E-state index in [4.69, 9.17) is 5.73 Å². The van der Waals surface area contributed by atoms with Gasteiger partial charge in [-0.25, -0.2) is 4.98 Å². The quantitative estimate of drug-likeness (QED) is 0.671. The largest absolute Gasteiger partial charge is 0.384 e. The lowest BCUT2D eigenvalue weighted by Crippen LogP contribution is -1.85. The van der Waals surface area contributed by atoms with Crippen LogP contribution >= 0.6 is 24.0 Å². The summed E-state index contributed by atoms with van der Waals surface area (Å²) in [5.74, 6) is 0.572. The molecule has 0 unspecified atom stereocenters. The van der Waals surface area contributed by atoms with Gasteiger partial charge in [0.05, 0.1) is 0 Å². The third-order valence-electron chi connectivity index (χ3n) is 0.688. The van der Waals surface area contributed by atoms with E-state index >= 15 is 0 Å². The predicted molar refractivity (Wildman–Crippen MR) is 44.1 cm³/mol. The van der Waals surface area contributed by atoms with Crippen molar-refractivity contribution in [2.45, 2.75) is 0 Å². The number of nitrogen functional groups attached to an aromatic ring is 1. The van der Waals surface area contributed by atoms with Crippen LogP contribution in [0.15, 0.2) is 24.4 Å². The van der Waals surface area contributed by atoms with Gasteiger partial charge in [-0.05, 0) is 12.1 Å². The van der Waals surface area contributed by atoms with Gasteiger partial charge in [0.15, 0.2) is 0 Å². The van der Waals surface area contributed by atoms with Crippen molar-refractivity contribution in [3.63, 3.8) is 0 Å². The molecule has 0 saturated heterocycles. The number of pyridine rings is 1. The Morgan fingerprint density at radius 2 is 2.12 bits per heavy atom. The molecule has 0 fully saturated rings. The minimum Gasteiger partial charge on any atom is -0.384 e. The number of halogens is 1. The average Bonchev–Trinajstić information content (AvgIpc) is 1.69. The number of anilines is 1. The van der Waals surface area contributed by atoms with Gasteiger partial charge in [0.1, 0.15) is 5.82 Å². The van der Waals surface area contributed by atoms with Crippen LogP contribution < -0.4 is 5.73 Å². The van der Waals surface area contributed by atoms with Gasteiger partial charge in [0, 0.05) is 6.20 Å². The summed E-state index contributed by atoms with van der Waals surface area (Å²) in [6.45, 7) is 0. The van der Waals surface area contributed by atoms with Crippen LogP contribution in [-0.4, -0.2) is 4.98 Å². The van der Waals surface area contributed by atoms with Gasteiger partial charge in [-0.2, -0.15) is 0 Å². The molecule has 0 atom stereocenters. The first-order chi connectivity index (χ1) is 3.39. The van der Waals surface area contributed by atoms with E-state index in [0.29, 0.717) is 5.82 Å². The van der Waals surface area contributed by atoms with Crippen molar-refractivity contribution >= 4 is 29.8 Å². The van der Waals surface area contributed by atoms with E-state index < -0.39 is 0 Å². The third-order valence-corrected chi connectivity index (χ3v) is 0.688. The van der Waals surface area contributed by atoms with Crippen LogP contribution in [0.25, 0.3) is 0 Å². The Morgan fingerprint density at radius 3 is 2.38 bits per heavy atom. The summed E-state index contributed by atoms with van der Waals surface area (Å²) in [5, 5.41) is 0. The molecule has 2 N–H and O–H groups in total. The number of nitrogens with zero attached hydrogens (tertiary/aromatic N) is 1. The highest BCUT2D eigenvalue weighted by molar-refractivity contribution is 14.0. The molecule has 0 aromatic carbocycles. The Balaban J connectivity index is 0.000000490. The Labute approximate surface area is 65.1 Å². The summed E-state index contributed by atoms with van der Waals surface area (Å²) >= 11 is 0. The van der Waals surface area contributed by atoms with E-state index in [2.05, 4.69) is 4.98 Å². The van der Waals surface area contributed by atoms with Crippen LogP contribution in [0, 0.1) is 0 Å². The molecule has 0 amide bonds. The van der Waals surface area contributed by atoms with Crippen molar-refractivity contribution in [2.24, 2.45) is 0 Å². The van der Waals surface area contributed by atoms with Gasteiger partial charge >= 0.3 is 0 Å². The predicted octanol–water partition coefficient (Wildman–Crippen LogP) is 1.28. The summed E-state index contributed by atoms with van der Waals surface area (Å²) in [4.78, 5) is 3.76. The maximum atomic E-state index is 5.25. The summed E-state index contributed by atoms with van der Waals surface area (Å²) in [6, 6.07) is 5.43. The zero-order valence-corrected chi connectivity index (χ0v) is 6.57. The molecule has 0 radical (unpaired) electrons. The average molecular weight is 222 g/mol. The second kappa shape index (κ2) is 3.65. The SMILES string of the molecule is I.Nc1ccccn1. The number of rotatable bonds is 0. The number of aromatic nitrogens is 1. The first-order valence-electron chi connectivity index (χ1n) is 2.06. The lowest BCUT2D eigenvalue weighted by molar-refractivity contribution is 1.34. The fraction of sp³-hybridized carbons (Fsp3) is 0. The molecule has 0 aliphatic carbocycles. The lowest BCUT2D eigenvalue weighted by Gasteiger charge is -1.82.